The van der Waals surface area contributed by atoms with E-state index >= 15 is 0 Å². The van der Waals surface area contributed by atoms with Gasteiger partial charge < -0.3 is 15.4 Å². The van der Waals surface area contributed by atoms with E-state index in [1.165, 1.54) is 30.6 Å². The van der Waals surface area contributed by atoms with E-state index < -0.39 is 0 Å². The Morgan fingerprint density at radius 3 is 2.79 bits per heavy atom. The fraction of sp³-hybridized carbons (Fsp3) is 0.500. The maximum absolute atomic E-state index is 12.3. The Balaban J connectivity index is 1.46. The first kappa shape index (κ1) is 21.3. The van der Waals surface area contributed by atoms with Crippen LogP contribution in [-0.4, -0.2) is 22.9 Å². The number of aromatic nitrogens is 1. The molecule has 1 aliphatic rings. The van der Waals surface area contributed by atoms with Crippen molar-refractivity contribution in [1.82, 2.24) is 10.3 Å². The van der Waals surface area contributed by atoms with Gasteiger partial charge in [0.2, 0.25) is 11.8 Å². The number of hydrogen-bond acceptors (Lipinski definition) is 5. The van der Waals surface area contributed by atoms with Gasteiger partial charge in [-0.05, 0) is 43.4 Å². The molecule has 2 N–H and O–H groups in total. The predicted octanol–water partition coefficient (Wildman–Crippen LogP) is 4.31. The number of nitrogens with one attached hydrogen (secondary N) is 2. The number of benzene rings is 1. The van der Waals surface area contributed by atoms with E-state index in [2.05, 4.69) is 15.6 Å². The van der Waals surface area contributed by atoms with Crippen molar-refractivity contribution in [2.24, 2.45) is 5.92 Å². The van der Waals surface area contributed by atoms with Crippen LogP contribution in [0.3, 0.4) is 0 Å². The van der Waals surface area contributed by atoms with Gasteiger partial charge >= 0.3 is 0 Å². The number of carbonyl (C=O) groups is 2. The minimum atomic E-state index is -0.108. The molecule has 1 fully saturated rings. The fourth-order valence-corrected chi connectivity index (χ4v) is 3.94. The van der Waals surface area contributed by atoms with Gasteiger partial charge in [0.1, 0.15) is 5.75 Å². The van der Waals surface area contributed by atoms with Crippen LogP contribution >= 0.6 is 11.3 Å². The average Bonchev–Trinajstić information content (AvgIpc) is 3.14. The Labute approximate surface area is 176 Å². The first-order valence-electron chi connectivity index (χ1n) is 10.3. The number of hydrogen-bond donors (Lipinski definition) is 2. The third-order valence-electron chi connectivity index (χ3n) is 4.89. The van der Waals surface area contributed by atoms with Gasteiger partial charge in [-0.3, -0.25) is 9.59 Å². The number of rotatable bonds is 8. The zero-order valence-corrected chi connectivity index (χ0v) is 17.9. The van der Waals surface area contributed by atoms with Crippen molar-refractivity contribution in [1.29, 1.82) is 0 Å². The molecule has 1 aromatic heterocycles. The number of anilines is 1. The molecule has 3 rings (SSSR count). The third-order valence-corrected chi connectivity index (χ3v) is 5.70. The Kier molecular flexibility index (Phi) is 7.63. The van der Waals surface area contributed by atoms with E-state index in [1.54, 1.807) is 5.38 Å². The molecule has 0 saturated heterocycles. The molecule has 0 radical (unpaired) electrons. The van der Waals surface area contributed by atoms with Gasteiger partial charge in [0.15, 0.2) is 5.13 Å². The molecule has 1 aliphatic carbocycles. The summed E-state index contributed by atoms with van der Waals surface area (Å²) < 4.78 is 6.09. The lowest BCUT2D eigenvalue weighted by Gasteiger charge is -2.23. The highest BCUT2D eigenvalue weighted by Gasteiger charge is 2.15. The second-order valence-corrected chi connectivity index (χ2v) is 8.62. The summed E-state index contributed by atoms with van der Waals surface area (Å²) in [5.74, 6) is 0.582. The van der Waals surface area contributed by atoms with E-state index in [9.17, 15) is 9.59 Å². The summed E-state index contributed by atoms with van der Waals surface area (Å²) in [6.07, 6.45) is 6.51. The lowest BCUT2D eigenvalue weighted by molar-refractivity contribution is -0.120. The van der Waals surface area contributed by atoms with Crippen LogP contribution in [0.5, 0.6) is 5.75 Å². The van der Waals surface area contributed by atoms with Crippen molar-refractivity contribution in [2.45, 2.75) is 65.0 Å². The Morgan fingerprint density at radius 2 is 2.03 bits per heavy atom. The van der Waals surface area contributed by atoms with Crippen LogP contribution in [0.4, 0.5) is 5.13 Å². The molecule has 1 heterocycles. The fourth-order valence-electron chi connectivity index (χ4n) is 3.23. The molecule has 0 unspecified atom stereocenters. The predicted molar refractivity (Wildman–Crippen MR) is 115 cm³/mol. The Morgan fingerprint density at radius 1 is 1.24 bits per heavy atom. The molecular weight excluding hydrogens is 386 g/mol. The lowest BCUT2D eigenvalue weighted by Crippen LogP contribution is -2.25. The average molecular weight is 416 g/mol. The molecular formula is C22H29N3O3S. The van der Waals surface area contributed by atoms with Crippen molar-refractivity contribution >= 4 is 28.3 Å². The largest absolute Gasteiger partial charge is 0.490 e. The van der Waals surface area contributed by atoms with Crippen molar-refractivity contribution in [3.8, 4) is 5.75 Å². The highest BCUT2D eigenvalue weighted by Crippen LogP contribution is 2.24. The zero-order chi connectivity index (χ0) is 20.6. The number of thiazole rings is 1. The molecule has 6 nitrogen and oxygen atoms in total. The quantitative estimate of drug-likeness (QED) is 0.673. The van der Waals surface area contributed by atoms with Crippen molar-refractivity contribution in [2.75, 3.05) is 5.32 Å². The van der Waals surface area contributed by atoms with Gasteiger partial charge in [0, 0.05) is 17.8 Å². The van der Waals surface area contributed by atoms with E-state index in [4.69, 9.17) is 4.74 Å². The lowest BCUT2D eigenvalue weighted by atomic mass is 9.98. The van der Waals surface area contributed by atoms with Gasteiger partial charge in [-0.25, -0.2) is 4.98 Å². The number of amides is 2. The number of nitrogens with zero attached hydrogens (tertiary/aromatic N) is 1. The van der Waals surface area contributed by atoms with E-state index in [1.807, 2.05) is 38.1 Å². The second kappa shape index (κ2) is 10.4. The van der Waals surface area contributed by atoms with Crippen molar-refractivity contribution < 1.29 is 14.3 Å². The summed E-state index contributed by atoms with van der Waals surface area (Å²) in [6.45, 7) is 4.10. The summed E-state index contributed by atoms with van der Waals surface area (Å²) in [7, 11) is 0. The standard InChI is InChI=1S/C22H29N3O3S/c1-15(2)21(27)25-22-24-17(14-29-22)12-20(26)23-13-16-7-6-10-19(11-16)28-18-8-4-3-5-9-18/h6-7,10-11,14-15,18H,3-5,8-9,12-13H2,1-2H3,(H,23,26)(H,24,25,27). The summed E-state index contributed by atoms with van der Waals surface area (Å²) >= 11 is 1.33. The molecule has 1 aromatic carbocycles. The monoisotopic (exact) mass is 415 g/mol. The van der Waals surface area contributed by atoms with Crippen LogP contribution in [0.2, 0.25) is 0 Å². The topological polar surface area (TPSA) is 80.3 Å². The summed E-state index contributed by atoms with van der Waals surface area (Å²) in [5.41, 5.74) is 1.66. The third kappa shape index (κ3) is 6.85. The van der Waals surface area contributed by atoms with Gasteiger partial charge in [-0.15, -0.1) is 11.3 Å². The SMILES string of the molecule is CC(C)C(=O)Nc1nc(CC(=O)NCc2cccc(OC3CCCCC3)c2)cs1. The second-order valence-electron chi connectivity index (χ2n) is 7.77. The van der Waals surface area contributed by atoms with Gasteiger partial charge in [0.05, 0.1) is 18.2 Å². The normalized spacial score (nSPS) is 14.6. The maximum Gasteiger partial charge on any atom is 0.228 e. The number of ether oxygens (including phenoxy) is 1. The Bertz CT molecular complexity index is 828. The highest BCUT2D eigenvalue weighted by atomic mass is 32.1. The molecule has 0 aliphatic heterocycles. The summed E-state index contributed by atoms with van der Waals surface area (Å²) in [5, 5.41) is 8.01. The maximum atomic E-state index is 12.3. The minimum absolute atomic E-state index is 0.0781. The molecule has 2 aromatic rings. The van der Waals surface area contributed by atoms with Crippen molar-refractivity contribution in [3.63, 3.8) is 0 Å². The van der Waals surface area contributed by atoms with Crippen molar-refractivity contribution in [3.05, 3.63) is 40.9 Å². The molecule has 7 heteroatoms. The van der Waals surface area contributed by atoms with Crippen LogP contribution in [-0.2, 0) is 22.6 Å². The summed E-state index contributed by atoms with van der Waals surface area (Å²) in [4.78, 5) is 28.3. The summed E-state index contributed by atoms with van der Waals surface area (Å²) in [6, 6.07) is 7.92. The molecule has 156 valence electrons. The zero-order valence-electron chi connectivity index (χ0n) is 17.1. The smallest absolute Gasteiger partial charge is 0.228 e. The van der Waals surface area contributed by atoms with Gasteiger partial charge in [-0.2, -0.15) is 0 Å². The first-order chi connectivity index (χ1) is 14.0. The van der Waals surface area contributed by atoms with E-state index in [0.717, 1.165) is 24.2 Å². The molecule has 1 saturated carbocycles. The molecule has 0 atom stereocenters. The van der Waals surface area contributed by atoms with Gasteiger partial charge in [-0.1, -0.05) is 32.4 Å². The number of carbonyl (C=O) groups excluding carboxylic acids is 2. The van der Waals surface area contributed by atoms with Crippen LogP contribution < -0.4 is 15.4 Å². The molecule has 29 heavy (non-hydrogen) atoms. The highest BCUT2D eigenvalue weighted by molar-refractivity contribution is 7.13. The molecule has 0 bridgehead atoms. The minimum Gasteiger partial charge on any atom is -0.490 e. The van der Waals surface area contributed by atoms with E-state index in [-0.39, 0.29) is 24.2 Å². The van der Waals surface area contributed by atoms with E-state index in [0.29, 0.717) is 23.5 Å². The van der Waals surface area contributed by atoms with Crippen LogP contribution in [0, 0.1) is 5.92 Å². The Hall–Kier alpha value is -2.41. The van der Waals surface area contributed by atoms with Crippen LogP contribution in [0.25, 0.3) is 0 Å². The van der Waals surface area contributed by atoms with Crippen LogP contribution in [0.15, 0.2) is 29.6 Å². The molecule has 2 amide bonds. The van der Waals surface area contributed by atoms with Crippen LogP contribution in [0.1, 0.15) is 57.2 Å². The first-order valence-corrected chi connectivity index (χ1v) is 11.1. The molecule has 0 spiro atoms. The van der Waals surface area contributed by atoms with Gasteiger partial charge in [0.25, 0.3) is 0 Å².